The van der Waals surface area contributed by atoms with Crippen molar-refractivity contribution in [3.8, 4) is 23.0 Å². The zero-order valence-corrected chi connectivity index (χ0v) is 83.5. The van der Waals surface area contributed by atoms with Crippen LogP contribution in [-0.4, -0.2) is 230 Å². The molecule has 28 heteroatoms. The topological polar surface area (TPSA) is 231 Å². The summed E-state index contributed by atoms with van der Waals surface area (Å²) in [6.45, 7) is 29.3. The maximum Gasteiger partial charge on any atom is 0.415 e. The average molecular weight is 1960 g/mol. The first-order valence-electron chi connectivity index (χ1n) is 49.0. The number of rotatable bonds is 22. The van der Waals surface area contributed by atoms with Crippen molar-refractivity contribution in [1.29, 1.82) is 0 Å². The fourth-order valence-corrected chi connectivity index (χ4v) is 22.2. The highest BCUT2D eigenvalue weighted by Crippen LogP contribution is 2.46. The summed E-state index contributed by atoms with van der Waals surface area (Å²) >= 11 is 25.2. The molecular weight excluding hydrogens is 1840 g/mol. The predicted molar refractivity (Wildman–Crippen MR) is 552 cm³/mol. The largest absolute Gasteiger partial charge is 0.493 e. The maximum absolute atomic E-state index is 13.0. The van der Waals surface area contributed by atoms with Gasteiger partial charge in [-0.2, -0.15) is 0 Å². The van der Waals surface area contributed by atoms with Crippen molar-refractivity contribution in [3.05, 3.63) is 295 Å². The van der Waals surface area contributed by atoms with Crippen molar-refractivity contribution in [2.24, 2.45) is 23.7 Å². The molecule has 12 heterocycles. The van der Waals surface area contributed by atoms with Crippen molar-refractivity contribution >= 4 is 114 Å². The number of H-pyrrole nitrogens is 4. The molecule has 139 heavy (non-hydrogen) atoms. The second-order valence-electron chi connectivity index (χ2n) is 38.4. The van der Waals surface area contributed by atoms with Crippen LogP contribution in [0.15, 0.2) is 208 Å². The predicted octanol–water partition coefficient (Wildman–Crippen LogP) is 23.8. The molecular formula is C111H128Cl4N12O12. The smallest absolute Gasteiger partial charge is 0.415 e. The Bertz CT molecular complexity index is 6320. The van der Waals surface area contributed by atoms with Gasteiger partial charge in [-0.25, -0.2) is 19.2 Å². The highest BCUT2D eigenvalue weighted by atomic mass is 35.5. The summed E-state index contributed by atoms with van der Waals surface area (Å²) in [5, 5.41) is 7.24. The van der Waals surface area contributed by atoms with Gasteiger partial charge in [0.05, 0.1) is 45.1 Å². The molecule has 8 aliphatic rings. The number of halogens is 4. The zero-order chi connectivity index (χ0) is 96.9. The molecule has 8 aliphatic heterocycles. The van der Waals surface area contributed by atoms with Gasteiger partial charge in [0.15, 0.2) is 0 Å². The molecule has 8 atom stereocenters. The molecule has 4 N–H and O–H groups in total. The van der Waals surface area contributed by atoms with Crippen molar-refractivity contribution < 1.29 is 57.1 Å². The lowest BCUT2D eigenvalue weighted by molar-refractivity contribution is 0.0888. The number of aromatic nitrogens is 4. The minimum atomic E-state index is -0.413. The minimum absolute atomic E-state index is 0.181. The highest BCUT2D eigenvalue weighted by molar-refractivity contribution is 6.32. The number of carbonyl (C=O) groups is 4. The number of amides is 4. The van der Waals surface area contributed by atoms with Gasteiger partial charge in [-0.15, -0.1) is 0 Å². The quantitative estimate of drug-likeness (QED) is 0.0281. The van der Waals surface area contributed by atoms with Crippen LogP contribution in [0, 0.1) is 23.7 Å². The monoisotopic (exact) mass is 1960 g/mol. The fraction of sp³-hybridized carbons (Fsp3) is 0.405. The Hall–Kier alpha value is -11.6. The normalized spacial score (nSPS) is 20.6. The van der Waals surface area contributed by atoms with Gasteiger partial charge in [-0.3, -0.25) is 19.6 Å². The summed E-state index contributed by atoms with van der Waals surface area (Å²) in [5.74, 6) is 6.01. The number of carbonyl (C=O) groups excluding carboxylic acids is 4. The van der Waals surface area contributed by atoms with Crippen molar-refractivity contribution in [1.82, 2.24) is 59.1 Å². The van der Waals surface area contributed by atoms with E-state index < -0.39 is 12.2 Å². The van der Waals surface area contributed by atoms with E-state index in [1.54, 1.807) is 27.7 Å². The van der Waals surface area contributed by atoms with Gasteiger partial charge in [-0.05, 0) is 311 Å². The molecule has 12 aromatic rings. The summed E-state index contributed by atoms with van der Waals surface area (Å²) in [4.78, 5) is 82.7. The number of hydrogen-bond acceptors (Lipinski definition) is 16. The maximum atomic E-state index is 13.0. The van der Waals surface area contributed by atoms with E-state index in [0.29, 0.717) is 88.7 Å². The van der Waals surface area contributed by atoms with Crippen LogP contribution in [0.5, 0.6) is 23.0 Å². The van der Waals surface area contributed by atoms with Crippen molar-refractivity contribution in [2.75, 3.05) is 146 Å². The lowest BCUT2D eigenvalue weighted by Gasteiger charge is -2.35. The standard InChI is InChI=1S/C28H32ClN3O3.C28H34ClN3O3.C28H32ClN3O3.C27H30ClN3O3/c1-18(2)35-28(33)32-14-12-23-24-15-21(29)8-11-25(24)30-26(23)27(32)20-6-9-22(10-7-20)34-17-19-5-4-13-31(3)16-19;2*1-3-15-34-28(33)32-14-12-23-24-16-21(29)8-11-25(24)30-26(23)27(32)20-6-9-22(10-7-20)35-18-19-5-4-13-31(2)17-19;1-3-33-27(32)31-14-12-22-23-15-20(28)8-11-24(23)29-25(22)26(31)19-6-9-21(10-7-19)34-17-18-5-4-13-30(2)16-18/h6-11,15,19,27,30H,1,4-5,12-14,16-17H2,2-3H3;6-11,16,19,27,30H,3-5,12-15,17-18H2,1-2H3;3,6-11,16,19,27,30H,1,4-5,12-15,17-18H2,2H3;3,6-11,15,18,26,29H,1,4-5,12-14,16-17H2,2H3. The van der Waals surface area contributed by atoms with E-state index in [2.05, 4.69) is 99.6 Å². The molecule has 8 unspecified atom stereocenters. The van der Waals surface area contributed by atoms with Crippen LogP contribution in [0.3, 0.4) is 0 Å². The summed E-state index contributed by atoms with van der Waals surface area (Å²) in [7, 11) is 8.68. The van der Waals surface area contributed by atoms with Gasteiger partial charge in [0, 0.05) is 163 Å². The SMILES string of the molecule is C=C(C)OC(=O)N1CCc2c([nH]c3ccc(Cl)cc23)C1c1ccc(OCC2CCCN(C)C2)cc1.C=CCOC(=O)N1CCc2c([nH]c3ccc(Cl)cc23)C1c1ccc(OCC2CCCN(C)C2)cc1.C=COC(=O)N1CCc2c([nH]c3ccc(Cl)cc23)C1c1ccc(OCC2CCCN(C)C2)cc1.CCCOC(=O)N1CCc2c([nH]c3ccc(Cl)cc23)C1c1ccc(OCC2CCCN(C)C2)cc1. The van der Waals surface area contributed by atoms with Gasteiger partial charge in [0.1, 0.15) is 53.8 Å². The molecule has 732 valence electrons. The fourth-order valence-electron chi connectivity index (χ4n) is 21.5. The molecule has 8 aromatic carbocycles. The molecule has 4 aromatic heterocycles. The number of benzene rings is 8. The first-order valence-corrected chi connectivity index (χ1v) is 50.5. The number of allylic oxidation sites excluding steroid dienone is 1. The Morgan fingerprint density at radius 2 is 0.647 bits per heavy atom. The Kier molecular flexibility index (Phi) is 32.6. The molecule has 24 nitrogen and oxygen atoms in total. The third kappa shape index (κ3) is 23.7. The Labute approximate surface area is 834 Å². The zero-order valence-electron chi connectivity index (χ0n) is 80.5. The van der Waals surface area contributed by atoms with Crippen molar-refractivity contribution in [2.45, 2.75) is 121 Å². The van der Waals surface area contributed by atoms with Gasteiger partial charge in [0.2, 0.25) is 0 Å². The highest BCUT2D eigenvalue weighted by Gasteiger charge is 2.41. The van der Waals surface area contributed by atoms with Crippen LogP contribution in [0.1, 0.15) is 163 Å². The molecule has 4 saturated heterocycles. The van der Waals surface area contributed by atoms with Crippen LogP contribution >= 0.6 is 46.4 Å². The van der Waals surface area contributed by atoms with Crippen LogP contribution in [0.4, 0.5) is 19.2 Å². The summed E-state index contributed by atoms with van der Waals surface area (Å²) in [5.41, 5.74) is 16.9. The van der Waals surface area contributed by atoms with E-state index in [-0.39, 0.29) is 43.0 Å². The lowest BCUT2D eigenvalue weighted by Crippen LogP contribution is -2.41. The van der Waals surface area contributed by atoms with Gasteiger partial charge in [0.25, 0.3) is 0 Å². The average Bonchev–Trinajstić information content (AvgIpc) is 1.62. The molecule has 0 bridgehead atoms. The van der Waals surface area contributed by atoms with Gasteiger partial charge >= 0.3 is 24.4 Å². The van der Waals surface area contributed by atoms with E-state index in [9.17, 15) is 19.2 Å². The third-order valence-electron chi connectivity index (χ3n) is 28.1. The lowest BCUT2D eigenvalue weighted by atomic mass is 9.92. The van der Waals surface area contributed by atoms with Crippen LogP contribution in [0.2, 0.25) is 20.1 Å². The van der Waals surface area contributed by atoms with Crippen LogP contribution in [0.25, 0.3) is 43.6 Å². The third-order valence-corrected chi connectivity index (χ3v) is 29.0. The van der Waals surface area contributed by atoms with E-state index in [0.717, 1.165) is 190 Å². The number of likely N-dealkylation sites (tertiary alicyclic amines) is 4. The van der Waals surface area contributed by atoms with Crippen molar-refractivity contribution in [3.63, 3.8) is 0 Å². The molecule has 4 fully saturated rings. The van der Waals surface area contributed by atoms with Crippen LogP contribution in [-0.2, 0) is 44.6 Å². The summed E-state index contributed by atoms with van der Waals surface area (Å²) in [6.07, 6.45) is 14.8. The number of fused-ring (bicyclic) bond motifs is 12. The first kappa shape index (κ1) is 99.0. The Balaban J connectivity index is 0.000000128. The molecule has 0 radical (unpaired) electrons. The van der Waals surface area contributed by atoms with E-state index in [1.165, 1.54) is 106 Å². The number of nitrogens with one attached hydrogen (secondary N) is 4. The number of hydrogen-bond donors (Lipinski definition) is 4. The first-order chi connectivity index (χ1) is 67.5. The molecule has 4 amide bonds. The Morgan fingerprint density at radius 1 is 0.374 bits per heavy atom. The second kappa shape index (κ2) is 45.8. The molecule has 0 saturated carbocycles. The number of aromatic amines is 4. The van der Waals surface area contributed by atoms with E-state index in [4.69, 9.17) is 84.3 Å². The Morgan fingerprint density at radius 3 is 0.906 bits per heavy atom. The summed E-state index contributed by atoms with van der Waals surface area (Å²) < 4.78 is 46.1. The van der Waals surface area contributed by atoms with Gasteiger partial charge in [-0.1, -0.05) is 128 Å². The van der Waals surface area contributed by atoms with E-state index >= 15 is 0 Å². The number of ether oxygens (including phenoxy) is 8. The van der Waals surface area contributed by atoms with Gasteiger partial charge < -0.3 is 77.4 Å². The minimum Gasteiger partial charge on any atom is -0.493 e. The molecule has 0 aliphatic carbocycles. The second-order valence-corrected chi connectivity index (χ2v) is 40.2. The summed E-state index contributed by atoms with van der Waals surface area (Å²) in [6, 6.07) is 54.8. The molecule has 0 spiro atoms. The molecule has 20 rings (SSSR count). The number of piperidine rings is 4. The van der Waals surface area contributed by atoms with E-state index in [1.807, 2.05) is 170 Å². The number of nitrogens with zero attached hydrogens (tertiary/aromatic N) is 8. The van der Waals surface area contributed by atoms with Crippen LogP contribution < -0.4 is 18.9 Å².